The zero-order valence-corrected chi connectivity index (χ0v) is 24.7. The summed E-state index contributed by atoms with van der Waals surface area (Å²) >= 11 is 4.05. The van der Waals surface area contributed by atoms with Gasteiger partial charge in [-0.3, -0.25) is 27.2 Å². The van der Waals surface area contributed by atoms with E-state index in [2.05, 4.69) is 42.2 Å². The number of anilines is 2. The van der Waals surface area contributed by atoms with Gasteiger partial charge in [-0.25, -0.2) is 39.0 Å². The molecule has 0 aromatic carbocycles. The van der Waals surface area contributed by atoms with Crippen LogP contribution in [0.5, 0.6) is 0 Å². The van der Waals surface area contributed by atoms with Crippen LogP contribution in [0.25, 0.3) is 22.3 Å². The number of fused-ring (bicyclic) bond motifs is 4. The van der Waals surface area contributed by atoms with Crippen molar-refractivity contribution < 1.29 is 51.8 Å². The van der Waals surface area contributed by atoms with Crippen molar-refractivity contribution in [2.45, 2.75) is 49.1 Å². The summed E-state index contributed by atoms with van der Waals surface area (Å²) < 4.78 is 62.5. The first-order chi connectivity index (χ1) is 20.9. The van der Waals surface area contributed by atoms with Crippen LogP contribution < -0.4 is 11.5 Å². The average molecular weight is 674 g/mol. The van der Waals surface area contributed by atoms with Crippen molar-refractivity contribution in [1.29, 1.82) is 0 Å². The van der Waals surface area contributed by atoms with E-state index < -0.39 is 76.9 Å². The van der Waals surface area contributed by atoms with Gasteiger partial charge >= 0.3 is 14.6 Å². The van der Waals surface area contributed by atoms with Gasteiger partial charge in [-0.15, -0.1) is 0 Å². The number of nitrogens with zero attached hydrogens (tertiary/aromatic N) is 8. The maximum Gasteiger partial charge on any atom is 0.472 e. The number of imidazole rings is 2. The highest BCUT2D eigenvalue weighted by Gasteiger charge is 2.53. The Bertz CT molecular complexity index is 1700. The molecule has 3 saturated heterocycles. The van der Waals surface area contributed by atoms with Gasteiger partial charge in [0, 0.05) is 0 Å². The predicted octanol–water partition coefficient (Wildman–Crippen LogP) is -0.697. The number of phosphoric acid groups is 1. The molecule has 0 spiro atoms. The Labute approximate surface area is 250 Å². The number of thiol groups is 1. The topological polar surface area (TPSA) is 289 Å². The number of nitrogen functional groups attached to an aromatic ring is 2. The van der Waals surface area contributed by atoms with E-state index in [1.165, 1.54) is 34.4 Å². The normalized spacial score (nSPS) is 38.3. The molecule has 0 bridgehead atoms. The number of aliphatic hydroxyl groups is 2. The van der Waals surface area contributed by atoms with Gasteiger partial charge in [0.2, 0.25) is 0 Å². The van der Waals surface area contributed by atoms with E-state index in [9.17, 15) is 24.2 Å². The Balaban J connectivity index is 1.17. The van der Waals surface area contributed by atoms with Crippen LogP contribution in [0.2, 0.25) is 0 Å². The molecule has 0 saturated carbocycles. The Morgan fingerprint density at radius 2 is 1.25 bits per heavy atom. The molecule has 7 rings (SSSR count). The van der Waals surface area contributed by atoms with Gasteiger partial charge < -0.3 is 36.0 Å². The molecule has 4 aromatic rings. The maximum absolute atomic E-state index is 13.4. The highest BCUT2D eigenvalue weighted by Crippen LogP contribution is 2.58. The SMILES string of the molecule is Nc1ncnc2c1ncn2[C@@H]1O[C@@H]2CO[P@@](=O)(S)O[C@H]3[C@@H](O)[C@H](n4cnc5c(N)ncnc54)O[C@@H]3COP(=O)(O)O[C@H]2[C@H]1O. The third kappa shape index (κ3) is 5.15. The minimum atomic E-state index is -4.96. The molecule has 4 aromatic heterocycles. The first-order valence-corrected chi connectivity index (χ1v) is 17.0. The third-order valence-corrected chi connectivity index (χ3v) is 9.85. The fraction of sp³-hybridized carbons (Fsp3) is 0.500. The van der Waals surface area contributed by atoms with Crippen molar-refractivity contribution in [3.63, 3.8) is 0 Å². The molecule has 236 valence electrons. The summed E-state index contributed by atoms with van der Waals surface area (Å²) in [7, 11) is -4.96. The zero-order chi connectivity index (χ0) is 31.0. The summed E-state index contributed by atoms with van der Waals surface area (Å²) in [6.07, 6.45) is -6.40. The molecule has 3 aliphatic rings. The molecule has 21 nitrogen and oxygen atoms in total. The highest BCUT2D eigenvalue weighted by atomic mass is 32.7. The van der Waals surface area contributed by atoms with Gasteiger partial charge in [0.05, 0.1) is 25.9 Å². The third-order valence-electron chi connectivity index (χ3n) is 7.26. The highest BCUT2D eigenvalue weighted by molar-refractivity contribution is 8.44. The van der Waals surface area contributed by atoms with Gasteiger partial charge in [0.25, 0.3) is 0 Å². The quantitative estimate of drug-likeness (QED) is 0.113. The molecule has 1 unspecified atom stereocenters. The molecule has 7 heterocycles. The fourth-order valence-corrected chi connectivity index (χ4v) is 7.70. The van der Waals surface area contributed by atoms with Crippen LogP contribution in [0, 0.1) is 0 Å². The molecule has 10 atom stereocenters. The maximum atomic E-state index is 13.4. The first kappa shape index (κ1) is 29.8. The summed E-state index contributed by atoms with van der Waals surface area (Å²) in [5, 5.41) is 22.4. The number of ether oxygens (including phenoxy) is 2. The monoisotopic (exact) mass is 674 g/mol. The lowest BCUT2D eigenvalue weighted by molar-refractivity contribution is -0.0614. The predicted molar refractivity (Wildman–Crippen MR) is 147 cm³/mol. The second-order valence-corrected chi connectivity index (χ2v) is 14.2. The minimum Gasteiger partial charge on any atom is -0.386 e. The second-order valence-electron chi connectivity index (χ2n) is 9.95. The standard InChI is InChI=1S/C20H24N10O11P2S/c21-15-9-17(25-3-23-15)29(5-27-9)19-11(31)13-8(39-19)2-37-43(35,44)41-14-7(1-36-42(33,34)40-13)38-20(12(14)32)30-6-28-10-16(22)24-4-26-18(10)30/h3-8,11-14,19-20,31-32H,1-2H2,(H,33,34)(H,35,44)(H2,21,23,25)(H2,22,24,26)/t7-,8-,11-,12-,13-,14-,19-,20-,43-/m1/s1. The second kappa shape index (κ2) is 10.9. The van der Waals surface area contributed by atoms with E-state index in [0.717, 1.165) is 0 Å². The fourth-order valence-electron chi connectivity index (χ4n) is 5.24. The number of aliphatic hydroxyl groups excluding tert-OH is 2. The Morgan fingerprint density at radius 1 is 0.773 bits per heavy atom. The van der Waals surface area contributed by atoms with Crippen LogP contribution in [0.1, 0.15) is 12.5 Å². The van der Waals surface area contributed by atoms with Gasteiger partial charge in [-0.05, 0) is 0 Å². The number of phosphoric ester groups is 1. The number of aromatic nitrogens is 8. The Morgan fingerprint density at radius 3 is 1.77 bits per heavy atom. The Hall–Kier alpha value is -2.85. The van der Waals surface area contributed by atoms with E-state index in [1.807, 2.05) is 0 Å². The van der Waals surface area contributed by atoms with Crippen LogP contribution in [-0.2, 0) is 36.7 Å². The van der Waals surface area contributed by atoms with E-state index >= 15 is 0 Å². The summed E-state index contributed by atoms with van der Waals surface area (Å²) in [6, 6.07) is 0. The molecule has 0 aliphatic carbocycles. The van der Waals surface area contributed by atoms with Crippen molar-refractivity contribution in [2.75, 3.05) is 24.7 Å². The smallest absolute Gasteiger partial charge is 0.386 e. The molecule has 0 radical (unpaired) electrons. The largest absolute Gasteiger partial charge is 0.472 e. The van der Waals surface area contributed by atoms with Crippen molar-refractivity contribution in [3.05, 3.63) is 25.3 Å². The van der Waals surface area contributed by atoms with Crippen molar-refractivity contribution in [2.24, 2.45) is 0 Å². The molecule has 3 fully saturated rings. The summed E-state index contributed by atoms with van der Waals surface area (Å²) in [5.41, 5.74) is 12.5. The van der Waals surface area contributed by atoms with E-state index in [-0.39, 0.29) is 34.0 Å². The molecule has 7 N–H and O–H groups in total. The van der Waals surface area contributed by atoms with Gasteiger partial charge in [-0.2, -0.15) is 0 Å². The van der Waals surface area contributed by atoms with Crippen molar-refractivity contribution in [1.82, 2.24) is 39.0 Å². The lowest BCUT2D eigenvalue weighted by atomic mass is 10.1. The van der Waals surface area contributed by atoms with Gasteiger partial charge in [0.1, 0.15) is 60.3 Å². The zero-order valence-electron chi connectivity index (χ0n) is 22.0. The van der Waals surface area contributed by atoms with E-state index in [1.54, 1.807) is 0 Å². The van der Waals surface area contributed by atoms with Crippen LogP contribution in [0.4, 0.5) is 11.6 Å². The molecule has 24 heteroatoms. The molecule has 0 amide bonds. The summed E-state index contributed by atoms with van der Waals surface area (Å²) in [5.74, 6) is 0.152. The molecule has 3 aliphatic heterocycles. The average Bonchev–Trinajstić information content (AvgIpc) is 3.73. The number of hydrogen-bond acceptors (Lipinski definition) is 18. The minimum absolute atomic E-state index is 0.0737. The van der Waals surface area contributed by atoms with Crippen LogP contribution in [0.15, 0.2) is 25.3 Å². The van der Waals surface area contributed by atoms with Crippen LogP contribution >= 0.6 is 26.9 Å². The lowest BCUT2D eigenvalue weighted by Crippen LogP contribution is -2.38. The molecular weight excluding hydrogens is 650 g/mol. The summed E-state index contributed by atoms with van der Waals surface area (Å²) in [4.78, 5) is 34.9. The number of hydrogen-bond donors (Lipinski definition) is 6. The lowest BCUT2D eigenvalue weighted by Gasteiger charge is -2.28. The number of rotatable bonds is 2. The summed E-state index contributed by atoms with van der Waals surface area (Å²) in [6.45, 7) is -5.62. The van der Waals surface area contributed by atoms with Crippen LogP contribution in [0.3, 0.4) is 0 Å². The van der Waals surface area contributed by atoms with Gasteiger partial charge in [0.15, 0.2) is 35.4 Å². The molecular formula is C20H24N10O11P2S. The Kier molecular flexibility index (Phi) is 7.39. The van der Waals surface area contributed by atoms with E-state index in [4.69, 9.17) is 39.0 Å². The van der Waals surface area contributed by atoms with E-state index in [0.29, 0.717) is 0 Å². The van der Waals surface area contributed by atoms with Crippen molar-refractivity contribution >= 4 is 60.8 Å². The number of nitrogens with two attached hydrogens (primary N) is 2. The van der Waals surface area contributed by atoms with Gasteiger partial charge in [-0.1, -0.05) is 12.2 Å². The van der Waals surface area contributed by atoms with Crippen molar-refractivity contribution in [3.8, 4) is 0 Å². The molecule has 44 heavy (non-hydrogen) atoms. The van der Waals surface area contributed by atoms with Crippen LogP contribution in [-0.4, -0.2) is 104 Å². The first-order valence-electron chi connectivity index (χ1n) is 12.8.